The third kappa shape index (κ3) is 3.94. The average molecular weight is 244 g/mol. The van der Waals surface area contributed by atoms with Crippen LogP contribution in [0.4, 0.5) is 5.82 Å². The topological polar surface area (TPSA) is 58.0 Å². The Bertz CT molecular complexity index is 355. The molecular weight excluding hydrogens is 226 g/mol. The molecule has 0 fully saturated rings. The average Bonchev–Trinajstić information content (AvgIpc) is 2.26. The first-order valence-electron chi connectivity index (χ1n) is 5.46. The lowest BCUT2D eigenvalue weighted by molar-refractivity contribution is 0.0696. The Morgan fingerprint density at radius 3 is 2.69 bits per heavy atom. The predicted molar refractivity (Wildman–Crippen MR) is 65.8 cm³/mol. The Labute approximate surface area is 101 Å². The van der Waals surface area contributed by atoms with Gasteiger partial charge in [0.05, 0.1) is 5.60 Å². The Hall–Kier alpha value is -0.870. The second kappa shape index (κ2) is 5.46. The van der Waals surface area contributed by atoms with E-state index in [4.69, 9.17) is 11.6 Å². The molecule has 0 saturated heterocycles. The van der Waals surface area contributed by atoms with Gasteiger partial charge in [-0.1, -0.05) is 25.4 Å². The van der Waals surface area contributed by atoms with Crippen molar-refractivity contribution in [3.8, 4) is 0 Å². The summed E-state index contributed by atoms with van der Waals surface area (Å²) in [6, 6.07) is 1.66. The standard InChI is InChI=1S/C11H18ClN3O/c1-4-9-14-8(12)6-10(15-9)13-7-11(3,16)5-2/h6,16H,4-5,7H2,1-3H3,(H,13,14,15). The second-order valence-corrected chi connectivity index (χ2v) is 4.44. The zero-order valence-corrected chi connectivity index (χ0v) is 10.7. The Morgan fingerprint density at radius 1 is 1.44 bits per heavy atom. The van der Waals surface area contributed by atoms with E-state index < -0.39 is 5.60 Å². The highest BCUT2D eigenvalue weighted by molar-refractivity contribution is 6.29. The second-order valence-electron chi connectivity index (χ2n) is 4.05. The number of aliphatic hydroxyl groups is 1. The molecule has 0 bridgehead atoms. The van der Waals surface area contributed by atoms with Crippen LogP contribution in [0.5, 0.6) is 0 Å². The summed E-state index contributed by atoms with van der Waals surface area (Å²) in [4.78, 5) is 8.34. The van der Waals surface area contributed by atoms with Gasteiger partial charge in [-0.05, 0) is 13.3 Å². The molecule has 1 rings (SSSR count). The summed E-state index contributed by atoms with van der Waals surface area (Å²) in [6.45, 7) is 6.13. The molecule has 1 aromatic heterocycles. The van der Waals surface area contributed by atoms with E-state index >= 15 is 0 Å². The molecule has 0 saturated carbocycles. The van der Waals surface area contributed by atoms with Crippen molar-refractivity contribution in [3.63, 3.8) is 0 Å². The van der Waals surface area contributed by atoms with Gasteiger partial charge in [0, 0.05) is 19.0 Å². The molecule has 0 aliphatic carbocycles. The van der Waals surface area contributed by atoms with E-state index in [1.54, 1.807) is 13.0 Å². The molecule has 0 aliphatic heterocycles. The number of aryl methyl sites for hydroxylation is 1. The lowest BCUT2D eigenvalue weighted by Crippen LogP contribution is -2.32. The number of nitrogens with one attached hydrogen (secondary N) is 1. The van der Waals surface area contributed by atoms with Crippen molar-refractivity contribution in [1.29, 1.82) is 0 Å². The van der Waals surface area contributed by atoms with Crippen LogP contribution in [-0.2, 0) is 6.42 Å². The first kappa shape index (κ1) is 13.2. The maximum absolute atomic E-state index is 9.84. The van der Waals surface area contributed by atoms with Crippen LogP contribution in [0, 0.1) is 0 Å². The fourth-order valence-corrected chi connectivity index (χ4v) is 1.32. The normalized spacial score (nSPS) is 14.6. The van der Waals surface area contributed by atoms with Crippen LogP contribution in [0.15, 0.2) is 6.07 Å². The van der Waals surface area contributed by atoms with Crippen molar-refractivity contribution >= 4 is 17.4 Å². The summed E-state index contributed by atoms with van der Waals surface area (Å²) in [5, 5.41) is 13.3. The summed E-state index contributed by atoms with van der Waals surface area (Å²) >= 11 is 5.86. The van der Waals surface area contributed by atoms with E-state index in [0.29, 0.717) is 29.8 Å². The molecule has 1 unspecified atom stereocenters. The zero-order chi connectivity index (χ0) is 12.2. The fourth-order valence-electron chi connectivity index (χ4n) is 1.12. The van der Waals surface area contributed by atoms with Gasteiger partial charge in [0.2, 0.25) is 0 Å². The van der Waals surface area contributed by atoms with Gasteiger partial charge in [-0.3, -0.25) is 0 Å². The van der Waals surface area contributed by atoms with Crippen LogP contribution in [-0.4, -0.2) is 27.2 Å². The molecule has 1 heterocycles. The van der Waals surface area contributed by atoms with Gasteiger partial charge in [-0.15, -0.1) is 0 Å². The number of anilines is 1. The highest BCUT2D eigenvalue weighted by Crippen LogP contribution is 2.14. The van der Waals surface area contributed by atoms with E-state index in [2.05, 4.69) is 15.3 Å². The number of nitrogens with zero attached hydrogens (tertiary/aromatic N) is 2. The monoisotopic (exact) mass is 243 g/mol. The summed E-state index contributed by atoms with van der Waals surface area (Å²) in [5.41, 5.74) is -0.732. The van der Waals surface area contributed by atoms with Gasteiger partial charge in [0.15, 0.2) is 0 Å². The third-order valence-corrected chi connectivity index (χ3v) is 2.66. The minimum atomic E-state index is -0.732. The van der Waals surface area contributed by atoms with Crippen LogP contribution in [0.2, 0.25) is 5.15 Å². The third-order valence-electron chi connectivity index (χ3n) is 2.47. The summed E-state index contributed by atoms with van der Waals surface area (Å²) in [7, 11) is 0. The Kier molecular flexibility index (Phi) is 4.50. The lowest BCUT2D eigenvalue weighted by Gasteiger charge is -2.21. The molecule has 0 aliphatic rings. The van der Waals surface area contributed by atoms with Gasteiger partial charge < -0.3 is 10.4 Å². The van der Waals surface area contributed by atoms with Crippen molar-refractivity contribution < 1.29 is 5.11 Å². The molecule has 4 nitrogen and oxygen atoms in total. The molecule has 90 valence electrons. The van der Waals surface area contributed by atoms with Crippen molar-refractivity contribution in [1.82, 2.24) is 9.97 Å². The predicted octanol–water partition coefficient (Wildman–Crippen LogP) is 2.27. The molecule has 0 amide bonds. The van der Waals surface area contributed by atoms with E-state index in [0.717, 1.165) is 6.42 Å². The van der Waals surface area contributed by atoms with E-state index in [9.17, 15) is 5.11 Å². The summed E-state index contributed by atoms with van der Waals surface area (Å²) in [6.07, 6.45) is 1.42. The first-order valence-corrected chi connectivity index (χ1v) is 5.84. The molecule has 0 radical (unpaired) electrons. The quantitative estimate of drug-likeness (QED) is 0.779. The Morgan fingerprint density at radius 2 is 2.12 bits per heavy atom. The Balaban J connectivity index is 2.70. The van der Waals surface area contributed by atoms with Gasteiger partial charge in [-0.2, -0.15) is 0 Å². The molecule has 16 heavy (non-hydrogen) atoms. The minimum absolute atomic E-state index is 0.422. The van der Waals surface area contributed by atoms with Gasteiger partial charge in [-0.25, -0.2) is 9.97 Å². The summed E-state index contributed by atoms with van der Waals surface area (Å²) < 4.78 is 0. The molecule has 0 aromatic carbocycles. The molecule has 1 atom stereocenters. The number of hydrogen-bond donors (Lipinski definition) is 2. The molecule has 0 spiro atoms. The maximum atomic E-state index is 9.84. The molecule has 1 aromatic rings. The molecular formula is C11H18ClN3O. The van der Waals surface area contributed by atoms with E-state index in [1.807, 2.05) is 13.8 Å². The van der Waals surface area contributed by atoms with Crippen molar-refractivity contribution in [3.05, 3.63) is 17.0 Å². The highest BCUT2D eigenvalue weighted by Gasteiger charge is 2.17. The maximum Gasteiger partial charge on any atom is 0.134 e. The van der Waals surface area contributed by atoms with Crippen LogP contribution in [0.25, 0.3) is 0 Å². The van der Waals surface area contributed by atoms with Crippen LogP contribution in [0.3, 0.4) is 0 Å². The van der Waals surface area contributed by atoms with Gasteiger partial charge in [0.25, 0.3) is 0 Å². The first-order chi connectivity index (χ1) is 7.46. The van der Waals surface area contributed by atoms with Crippen LogP contribution in [0.1, 0.15) is 33.0 Å². The van der Waals surface area contributed by atoms with E-state index in [1.165, 1.54) is 0 Å². The number of halogens is 1. The zero-order valence-electron chi connectivity index (χ0n) is 9.92. The smallest absolute Gasteiger partial charge is 0.134 e. The van der Waals surface area contributed by atoms with E-state index in [-0.39, 0.29) is 0 Å². The molecule has 2 N–H and O–H groups in total. The van der Waals surface area contributed by atoms with Crippen molar-refractivity contribution in [2.45, 2.75) is 39.2 Å². The fraction of sp³-hybridized carbons (Fsp3) is 0.636. The van der Waals surface area contributed by atoms with Gasteiger partial charge in [0.1, 0.15) is 16.8 Å². The number of hydrogen-bond acceptors (Lipinski definition) is 4. The highest BCUT2D eigenvalue weighted by atomic mass is 35.5. The largest absolute Gasteiger partial charge is 0.388 e. The minimum Gasteiger partial charge on any atom is -0.388 e. The van der Waals surface area contributed by atoms with Crippen molar-refractivity contribution in [2.24, 2.45) is 0 Å². The van der Waals surface area contributed by atoms with Gasteiger partial charge >= 0.3 is 0 Å². The number of rotatable bonds is 5. The van der Waals surface area contributed by atoms with Crippen LogP contribution < -0.4 is 5.32 Å². The van der Waals surface area contributed by atoms with Crippen LogP contribution >= 0.6 is 11.6 Å². The SMILES string of the molecule is CCc1nc(Cl)cc(NCC(C)(O)CC)n1. The molecule has 5 heteroatoms. The lowest BCUT2D eigenvalue weighted by atomic mass is 10.0. The summed E-state index contributed by atoms with van der Waals surface area (Å²) in [5.74, 6) is 1.36. The van der Waals surface area contributed by atoms with Crippen molar-refractivity contribution in [2.75, 3.05) is 11.9 Å². The number of aromatic nitrogens is 2.